The third kappa shape index (κ3) is 3.93. The summed E-state index contributed by atoms with van der Waals surface area (Å²) in [6, 6.07) is 9.85. The molecule has 0 bridgehead atoms. The second-order valence-electron chi connectivity index (χ2n) is 6.02. The highest BCUT2D eigenvalue weighted by Crippen LogP contribution is 2.31. The Morgan fingerprint density at radius 3 is 2.37 bits per heavy atom. The molecule has 4 nitrogen and oxygen atoms in total. The van der Waals surface area contributed by atoms with Crippen LogP contribution >= 0.6 is 15.9 Å². The van der Waals surface area contributed by atoms with Crippen molar-refractivity contribution in [1.82, 2.24) is 9.78 Å². The van der Waals surface area contributed by atoms with Gasteiger partial charge >= 0.3 is 0 Å². The molecule has 0 radical (unpaired) electrons. The summed E-state index contributed by atoms with van der Waals surface area (Å²) < 4.78 is 65.9. The number of alkyl halides is 2. The van der Waals surface area contributed by atoms with Gasteiger partial charge in [0.2, 0.25) is 0 Å². The van der Waals surface area contributed by atoms with Gasteiger partial charge in [-0.3, -0.25) is 0 Å². The summed E-state index contributed by atoms with van der Waals surface area (Å²) >= 11 is 3.39. The predicted molar refractivity (Wildman–Crippen MR) is 99.5 cm³/mol. The van der Waals surface area contributed by atoms with E-state index in [4.69, 9.17) is 0 Å². The van der Waals surface area contributed by atoms with Crippen LogP contribution in [-0.2, 0) is 9.84 Å². The van der Waals surface area contributed by atoms with E-state index in [1.54, 1.807) is 18.2 Å². The summed E-state index contributed by atoms with van der Waals surface area (Å²) in [6.45, 7) is 1.88. The molecule has 0 atom stereocenters. The first-order valence-corrected chi connectivity index (χ1v) is 10.4. The molecule has 0 spiro atoms. The third-order valence-electron chi connectivity index (χ3n) is 3.98. The van der Waals surface area contributed by atoms with Crippen LogP contribution in [0.25, 0.3) is 16.9 Å². The molecule has 142 valence electrons. The number of rotatable bonds is 4. The molecule has 0 aliphatic carbocycles. The maximum Gasteiger partial charge on any atom is 0.282 e. The van der Waals surface area contributed by atoms with Gasteiger partial charge in [-0.1, -0.05) is 28.1 Å². The molecule has 1 heterocycles. The van der Waals surface area contributed by atoms with Crippen molar-refractivity contribution in [2.75, 3.05) is 6.26 Å². The molecule has 0 saturated heterocycles. The molecule has 0 saturated carbocycles. The van der Waals surface area contributed by atoms with E-state index < -0.39 is 32.7 Å². The van der Waals surface area contributed by atoms with Gasteiger partial charge in [0.25, 0.3) is 6.43 Å². The van der Waals surface area contributed by atoms with Gasteiger partial charge < -0.3 is 0 Å². The van der Waals surface area contributed by atoms with Crippen molar-refractivity contribution in [1.29, 1.82) is 0 Å². The van der Waals surface area contributed by atoms with Crippen molar-refractivity contribution in [2.45, 2.75) is 18.2 Å². The lowest BCUT2D eigenvalue weighted by molar-refractivity contribution is 0.145. The molecule has 0 N–H and O–H groups in total. The molecule has 9 heteroatoms. The lowest BCUT2D eigenvalue weighted by Gasteiger charge is -2.10. The molecule has 3 rings (SSSR count). The van der Waals surface area contributed by atoms with Gasteiger partial charge in [-0.05, 0) is 42.8 Å². The maximum absolute atomic E-state index is 14.3. The SMILES string of the molecule is Cc1ccc(-n2nc(C(F)F)cc2-c2ccc(S(C)(=O)=O)c(F)c2)cc1Br. The highest BCUT2D eigenvalue weighted by molar-refractivity contribution is 9.10. The summed E-state index contributed by atoms with van der Waals surface area (Å²) in [5.41, 5.74) is 1.44. The zero-order valence-corrected chi connectivity index (χ0v) is 16.7. The van der Waals surface area contributed by atoms with Gasteiger partial charge in [0.1, 0.15) is 16.4 Å². The van der Waals surface area contributed by atoms with E-state index in [1.165, 1.54) is 10.7 Å². The summed E-state index contributed by atoms with van der Waals surface area (Å²) in [5, 5.41) is 3.93. The topological polar surface area (TPSA) is 52.0 Å². The summed E-state index contributed by atoms with van der Waals surface area (Å²) in [7, 11) is -3.74. The van der Waals surface area contributed by atoms with Crippen LogP contribution < -0.4 is 0 Å². The van der Waals surface area contributed by atoms with E-state index in [0.29, 0.717) is 5.69 Å². The Bertz CT molecular complexity index is 1130. The first-order chi connectivity index (χ1) is 12.6. The van der Waals surface area contributed by atoms with Gasteiger partial charge in [0.15, 0.2) is 9.84 Å². The number of halogens is 4. The number of sulfone groups is 1. The van der Waals surface area contributed by atoms with Gasteiger partial charge in [-0.25, -0.2) is 26.3 Å². The number of hydrogen-bond acceptors (Lipinski definition) is 3. The van der Waals surface area contributed by atoms with Crippen molar-refractivity contribution < 1.29 is 21.6 Å². The second-order valence-corrected chi connectivity index (χ2v) is 8.86. The highest BCUT2D eigenvalue weighted by atomic mass is 79.9. The van der Waals surface area contributed by atoms with Crippen molar-refractivity contribution >= 4 is 25.8 Å². The highest BCUT2D eigenvalue weighted by Gasteiger charge is 2.20. The number of aryl methyl sites for hydroxylation is 1. The summed E-state index contributed by atoms with van der Waals surface area (Å²) in [6.07, 6.45) is -1.91. The van der Waals surface area contributed by atoms with E-state index in [9.17, 15) is 21.6 Å². The van der Waals surface area contributed by atoms with Crippen molar-refractivity contribution in [2.24, 2.45) is 0 Å². The normalized spacial score (nSPS) is 12.0. The Hall–Kier alpha value is -2.13. The van der Waals surface area contributed by atoms with Crippen molar-refractivity contribution in [3.05, 3.63) is 64.0 Å². The first kappa shape index (κ1) is 19.6. The number of benzene rings is 2. The Morgan fingerprint density at radius 2 is 1.81 bits per heavy atom. The van der Waals surface area contributed by atoms with Crippen LogP contribution in [0, 0.1) is 12.7 Å². The quantitative estimate of drug-likeness (QED) is 0.546. The van der Waals surface area contributed by atoms with Gasteiger partial charge in [0, 0.05) is 16.3 Å². The summed E-state index contributed by atoms with van der Waals surface area (Å²) in [5.74, 6) is -0.952. The Morgan fingerprint density at radius 1 is 1.11 bits per heavy atom. The maximum atomic E-state index is 14.3. The predicted octanol–water partition coefficient (Wildman–Crippen LogP) is 5.09. The molecule has 27 heavy (non-hydrogen) atoms. The van der Waals surface area contributed by atoms with Crippen LogP contribution in [-0.4, -0.2) is 24.5 Å². The van der Waals surface area contributed by atoms with E-state index in [1.807, 2.05) is 6.92 Å². The fraction of sp³-hybridized carbons (Fsp3) is 0.167. The van der Waals surface area contributed by atoms with Crippen LogP contribution in [0.1, 0.15) is 17.7 Å². The molecule has 0 unspecified atom stereocenters. The monoisotopic (exact) mass is 458 g/mol. The van der Waals surface area contributed by atoms with E-state index >= 15 is 0 Å². The Labute approximate surface area is 162 Å². The zero-order chi connectivity index (χ0) is 19.9. The second kappa shape index (κ2) is 7.12. The number of nitrogens with zero attached hydrogens (tertiary/aromatic N) is 2. The van der Waals surface area contributed by atoms with Crippen molar-refractivity contribution in [3.8, 4) is 16.9 Å². The van der Waals surface area contributed by atoms with E-state index in [-0.39, 0.29) is 11.3 Å². The largest absolute Gasteiger partial charge is 0.282 e. The molecule has 0 aliphatic rings. The molecule has 2 aromatic carbocycles. The minimum Gasteiger partial charge on any atom is -0.233 e. The van der Waals surface area contributed by atoms with Gasteiger partial charge in [-0.15, -0.1) is 0 Å². The van der Waals surface area contributed by atoms with Gasteiger partial charge in [0.05, 0.1) is 11.4 Å². The minimum atomic E-state index is -3.74. The fourth-order valence-electron chi connectivity index (χ4n) is 2.58. The molecule has 0 amide bonds. The minimum absolute atomic E-state index is 0.222. The standard InChI is InChI=1S/C18H14BrF3N2O2S/c1-10-3-5-12(8-13(10)19)24-16(9-15(23-24)18(21)22)11-4-6-17(14(20)7-11)27(2,25)26/h3-9,18H,1-2H3. The molecular weight excluding hydrogens is 445 g/mol. The Kier molecular flexibility index (Phi) is 5.18. The number of aromatic nitrogens is 2. The first-order valence-electron chi connectivity index (χ1n) is 7.72. The zero-order valence-electron chi connectivity index (χ0n) is 14.2. The van der Waals surface area contributed by atoms with Crippen LogP contribution in [0.5, 0.6) is 0 Å². The van der Waals surface area contributed by atoms with Crippen LogP contribution in [0.3, 0.4) is 0 Å². The van der Waals surface area contributed by atoms with Crippen LogP contribution in [0.4, 0.5) is 13.2 Å². The average molecular weight is 459 g/mol. The van der Waals surface area contributed by atoms with E-state index in [2.05, 4.69) is 21.0 Å². The third-order valence-corrected chi connectivity index (χ3v) is 5.96. The molecule has 3 aromatic rings. The molecular formula is C18H14BrF3N2O2S. The molecule has 0 fully saturated rings. The van der Waals surface area contributed by atoms with Crippen LogP contribution in [0.2, 0.25) is 0 Å². The smallest absolute Gasteiger partial charge is 0.233 e. The summed E-state index contributed by atoms with van der Waals surface area (Å²) in [4.78, 5) is -0.454. The van der Waals surface area contributed by atoms with Crippen LogP contribution in [0.15, 0.2) is 51.8 Å². The average Bonchev–Trinajstić information content (AvgIpc) is 3.01. The lowest BCUT2D eigenvalue weighted by atomic mass is 10.1. The fourth-order valence-corrected chi connectivity index (χ4v) is 3.68. The van der Waals surface area contributed by atoms with E-state index in [0.717, 1.165) is 34.5 Å². The van der Waals surface area contributed by atoms with Crippen molar-refractivity contribution in [3.63, 3.8) is 0 Å². The van der Waals surface area contributed by atoms with Gasteiger partial charge in [-0.2, -0.15) is 5.10 Å². The molecule has 0 aliphatic heterocycles. The number of hydrogen-bond donors (Lipinski definition) is 0. The lowest BCUT2D eigenvalue weighted by Crippen LogP contribution is -2.03. The Balaban J connectivity index is 2.20. The molecule has 1 aromatic heterocycles.